The van der Waals surface area contributed by atoms with Gasteiger partial charge in [-0.2, -0.15) is 0 Å². The second kappa shape index (κ2) is 5.88. The Morgan fingerprint density at radius 3 is 2.27 bits per heavy atom. The van der Waals surface area contributed by atoms with Crippen LogP contribution in [-0.4, -0.2) is 16.7 Å². The number of aliphatic hydroxyl groups excluding tert-OH is 1. The van der Waals surface area contributed by atoms with E-state index >= 15 is 0 Å². The van der Waals surface area contributed by atoms with Gasteiger partial charge in [-0.3, -0.25) is 9.59 Å². The van der Waals surface area contributed by atoms with Crippen molar-refractivity contribution in [3.8, 4) is 0 Å². The number of fused-ring (bicyclic) bond motifs is 1. The fourth-order valence-electron chi connectivity index (χ4n) is 2.32. The molecule has 0 bridgehead atoms. The summed E-state index contributed by atoms with van der Waals surface area (Å²) in [6, 6.07) is 14.3. The smallest absolute Gasteiger partial charge is 0.201 e. The summed E-state index contributed by atoms with van der Waals surface area (Å²) in [6.07, 6.45) is 2.95. The van der Waals surface area contributed by atoms with Crippen LogP contribution in [0.25, 0.3) is 11.8 Å². The molecule has 22 heavy (non-hydrogen) atoms. The minimum Gasteiger partial charge on any atom is -0.506 e. The van der Waals surface area contributed by atoms with Crippen LogP contribution in [0, 0.1) is 3.57 Å². The highest BCUT2D eigenvalue weighted by atomic mass is 127. The molecule has 0 fully saturated rings. The monoisotopic (exact) mass is 402 g/mol. The fourth-order valence-corrected chi connectivity index (χ4v) is 2.68. The molecule has 0 aromatic heterocycles. The zero-order valence-electron chi connectivity index (χ0n) is 11.4. The number of allylic oxidation sites excluding steroid dienone is 2. The lowest BCUT2D eigenvalue weighted by molar-refractivity contribution is -0.110. The minimum atomic E-state index is -0.489. The van der Waals surface area contributed by atoms with Gasteiger partial charge in [0.1, 0.15) is 11.3 Å². The van der Waals surface area contributed by atoms with Crippen LogP contribution in [0.4, 0.5) is 0 Å². The van der Waals surface area contributed by atoms with Gasteiger partial charge in [0.05, 0.1) is 0 Å². The molecule has 1 aliphatic carbocycles. The van der Waals surface area contributed by atoms with E-state index < -0.39 is 11.6 Å². The Bertz CT molecular complexity index is 830. The quantitative estimate of drug-likeness (QED) is 0.479. The van der Waals surface area contributed by atoms with Crippen molar-refractivity contribution in [2.75, 3.05) is 0 Å². The highest BCUT2D eigenvalue weighted by Gasteiger charge is 2.32. The van der Waals surface area contributed by atoms with Crippen LogP contribution in [0.3, 0.4) is 0 Å². The predicted molar refractivity (Wildman–Crippen MR) is 93.5 cm³/mol. The van der Waals surface area contributed by atoms with Crippen molar-refractivity contribution in [2.45, 2.75) is 0 Å². The first-order valence-corrected chi connectivity index (χ1v) is 7.71. The number of carbonyl (C=O) groups excluding carboxylic acids is 2. The Kier molecular flexibility index (Phi) is 3.94. The Morgan fingerprint density at radius 1 is 1.00 bits per heavy atom. The maximum absolute atomic E-state index is 12.2. The van der Waals surface area contributed by atoms with Crippen LogP contribution in [0.5, 0.6) is 0 Å². The summed E-state index contributed by atoms with van der Waals surface area (Å²) < 4.78 is 1.10. The average molecular weight is 402 g/mol. The van der Waals surface area contributed by atoms with Crippen LogP contribution >= 0.6 is 22.6 Å². The first-order valence-electron chi connectivity index (χ1n) is 6.63. The van der Waals surface area contributed by atoms with Crippen LogP contribution in [-0.2, 0) is 4.79 Å². The lowest BCUT2D eigenvalue weighted by Crippen LogP contribution is -2.08. The molecule has 108 valence electrons. The van der Waals surface area contributed by atoms with Crippen molar-refractivity contribution >= 4 is 46.0 Å². The SMILES string of the molecule is O=C(/C=C/c1ccc(I)cc1)C1=C(O)c2ccccc2C1=O. The Hall–Kier alpha value is -2.21. The molecule has 4 heteroatoms. The zero-order chi connectivity index (χ0) is 15.7. The molecule has 0 unspecified atom stereocenters. The standard InChI is InChI=1S/C18H11IO3/c19-12-8-5-11(6-9-12)7-10-15(20)16-17(21)13-3-1-2-4-14(13)18(16)22/h1-10,21H/b10-7+. The van der Waals surface area contributed by atoms with E-state index in [4.69, 9.17) is 0 Å². The molecule has 1 aliphatic rings. The van der Waals surface area contributed by atoms with Crippen molar-refractivity contribution in [3.63, 3.8) is 0 Å². The molecular formula is C18H11IO3. The number of ketones is 2. The summed E-state index contributed by atoms with van der Waals surface area (Å²) in [5.41, 5.74) is 1.48. The minimum absolute atomic E-state index is 0.164. The maximum Gasteiger partial charge on any atom is 0.201 e. The molecule has 0 heterocycles. The number of aliphatic hydroxyl groups is 1. The molecule has 3 nitrogen and oxygen atoms in total. The summed E-state index contributed by atoms with van der Waals surface area (Å²) in [5, 5.41) is 10.1. The molecule has 3 rings (SSSR count). The molecule has 0 spiro atoms. The van der Waals surface area contributed by atoms with E-state index in [1.54, 1.807) is 30.3 Å². The van der Waals surface area contributed by atoms with E-state index in [0.29, 0.717) is 11.1 Å². The van der Waals surface area contributed by atoms with Gasteiger partial charge in [0.25, 0.3) is 0 Å². The van der Waals surface area contributed by atoms with Gasteiger partial charge in [0.15, 0.2) is 5.78 Å². The molecule has 0 atom stereocenters. The Balaban J connectivity index is 1.89. The van der Waals surface area contributed by atoms with Gasteiger partial charge >= 0.3 is 0 Å². The molecule has 0 radical (unpaired) electrons. The van der Waals surface area contributed by atoms with Gasteiger partial charge in [-0.1, -0.05) is 42.5 Å². The van der Waals surface area contributed by atoms with Crippen molar-refractivity contribution in [3.05, 3.63) is 80.4 Å². The van der Waals surface area contributed by atoms with Gasteiger partial charge in [-0.15, -0.1) is 0 Å². The van der Waals surface area contributed by atoms with Crippen molar-refractivity contribution < 1.29 is 14.7 Å². The largest absolute Gasteiger partial charge is 0.506 e. The van der Waals surface area contributed by atoms with Crippen LogP contribution in [0.1, 0.15) is 21.5 Å². The molecule has 0 aliphatic heterocycles. The molecule has 0 saturated carbocycles. The van der Waals surface area contributed by atoms with Crippen LogP contribution in [0.15, 0.2) is 60.2 Å². The summed E-state index contributed by atoms with van der Waals surface area (Å²) in [7, 11) is 0. The number of rotatable bonds is 3. The Labute approximate surface area is 141 Å². The van der Waals surface area contributed by atoms with Gasteiger partial charge in [-0.05, 0) is 46.4 Å². The first-order chi connectivity index (χ1) is 10.6. The number of benzene rings is 2. The second-order valence-corrected chi connectivity index (χ2v) is 6.09. The van der Waals surface area contributed by atoms with Crippen molar-refractivity contribution in [1.29, 1.82) is 0 Å². The highest BCUT2D eigenvalue weighted by molar-refractivity contribution is 14.1. The third-order valence-electron chi connectivity index (χ3n) is 3.43. The number of hydrogen-bond donors (Lipinski definition) is 1. The predicted octanol–water partition coefficient (Wildman–Crippen LogP) is 4.04. The molecular weight excluding hydrogens is 391 g/mol. The van der Waals surface area contributed by atoms with E-state index in [-0.39, 0.29) is 11.3 Å². The van der Waals surface area contributed by atoms with E-state index in [9.17, 15) is 14.7 Å². The molecule has 2 aromatic carbocycles. The van der Waals surface area contributed by atoms with Gasteiger partial charge < -0.3 is 5.11 Å². The van der Waals surface area contributed by atoms with E-state index in [1.165, 1.54) is 6.08 Å². The average Bonchev–Trinajstić information content (AvgIpc) is 2.79. The Morgan fingerprint density at radius 2 is 1.64 bits per heavy atom. The van der Waals surface area contributed by atoms with Crippen LogP contribution < -0.4 is 0 Å². The second-order valence-electron chi connectivity index (χ2n) is 4.85. The van der Waals surface area contributed by atoms with Gasteiger partial charge in [0, 0.05) is 14.7 Å². The topological polar surface area (TPSA) is 54.4 Å². The number of halogens is 1. The number of Topliss-reactive ketones (excluding diaryl/α,β-unsaturated/α-hetero) is 1. The fraction of sp³-hybridized carbons (Fsp3) is 0. The third-order valence-corrected chi connectivity index (χ3v) is 4.15. The summed E-state index contributed by atoms with van der Waals surface area (Å²) in [4.78, 5) is 24.5. The van der Waals surface area contributed by atoms with E-state index in [2.05, 4.69) is 22.6 Å². The van der Waals surface area contributed by atoms with Gasteiger partial charge in [0.2, 0.25) is 5.78 Å². The lowest BCUT2D eigenvalue weighted by atomic mass is 10.1. The van der Waals surface area contributed by atoms with Crippen molar-refractivity contribution in [2.24, 2.45) is 0 Å². The summed E-state index contributed by atoms with van der Waals surface area (Å²) >= 11 is 2.20. The van der Waals surface area contributed by atoms with Gasteiger partial charge in [-0.25, -0.2) is 0 Å². The first kappa shape index (κ1) is 14.7. The molecule has 0 saturated heterocycles. The summed E-state index contributed by atoms with van der Waals surface area (Å²) in [5.74, 6) is -1.15. The normalized spacial score (nSPS) is 13.8. The van der Waals surface area contributed by atoms with Crippen LogP contribution in [0.2, 0.25) is 0 Å². The van der Waals surface area contributed by atoms with E-state index in [1.807, 2.05) is 24.3 Å². The number of carbonyl (C=O) groups is 2. The molecule has 1 N–H and O–H groups in total. The highest BCUT2D eigenvalue weighted by Crippen LogP contribution is 2.31. The van der Waals surface area contributed by atoms with E-state index in [0.717, 1.165) is 9.13 Å². The third kappa shape index (κ3) is 2.62. The number of hydrogen-bond acceptors (Lipinski definition) is 3. The van der Waals surface area contributed by atoms with Crippen molar-refractivity contribution in [1.82, 2.24) is 0 Å². The molecule has 2 aromatic rings. The zero-order valence-corrected chi connectivity index (χ0v) is 13.6. The lowest BCUT2D eigenvalue weighted by Gasteiger charge is -1.97. The molecule has 0 amide bonds. The summed E-state index contributed by atoms with van der Waals surface area (Å²) in [6.45, 7) is 0. The maximum atomic E-state index is 12.2.